The maximum atomic E-state index is 12.2. The predicted octanol–water partition coefficient (Wildman–Crippen LogP) is 2.63. The Kier molecular flexibility index (Phi) is 4.91. The Morgan fingerprint density at radius 3 is 2.57 bits per heavy atom. The average Bonchev–Trinajstić information content (AvgIpc) is 3.18. The first-order valence-electron chi connectivity index (χ1n) is 7.83. The van der Waals surface area contributed by atoms with Gasteiger partial charge in [0.15, 0.2) is 0 Å². The fourth-order valence-corrected chi connectivity index (χ4v) is 2.79. The summed E-state index contributed by atoms with van der Waals surface area (Å²) in [6.45, 7) is 6.41. The van der Waals surface area contributed by atoms with E-state index in [0.717, 1.165) is 6.42 Å². The standard InChI is InChI=1S/C16H27NO4/c1-16(2,3)21-15(19)17-8-7-13(18)12(10-17)14(20-4)9-11-5-6-11/h11-12,14H,5-10H2,1-4H3. The Balaban J connectivity index is 1.97. The lowest BCUT2D eigenvalue weighted by Gasteiger charge is -2.36. The summed E-state index contributed by atoms with van der Waals surface area (Å²) >= 11 is 0. The molecule has 2 unspecified atom stereocenters. The van der Waals surface area contributed by atoms with E-state index in [0.29, 0.717) is 25.4 Å². The minimum Gasteiger partial charge on any atom is -0.444 e. The molecule has 0 aromatic carbocycles. The summed E-state index contributed by atoms with van der Waals surface area (Å²) in [6.07, 6.45) is 3.38. The van der Waals surface area contributed by atoms with E-state index in [-0.39, 0.29) is 23.9 Å². The van der Waals surface area contributed by atoms with Gasteiger partial charge in [-0.25, -0.2) is 4.79 Å². The molecule has 0 N–H and O–H groups in total. The fourth-order valence-electron chi connectivity index (χ4n) is 2.79. The molecule has 1 saturated carbocycles. The first kappa shape index (κ1) is 16.3. The number of methoxy groups -OCH3 is 1. The zero-order valence-electron chi connectivity index (χ0n) is 13.6. The molecule has 1 saturated heterocycles. The number of nitrogens with zero attached hydrogens (tertiary/aromatic N) is 1. The van der Waals surface area contributed by atoms with E-state index in [1.165, 1.54) is 12.8 Å². The highest BCUT2D eigenvalue weighted by Crippen LogP contribution is 2.36. The fraction of sp³-hybridized carbons (Fsp3) is 0.875. The summed E-state index contributed by atoms with van der Waals surface area (Å²) < 4.78 is 10.9. The average molecular weight is 297 g/mol. The van der Waals surface area contributed by atoms with Gasteiger partial charge >= 0.3 is 6.09 Å². The molecular formula is C16H27NO4. The number of amides is 1. The Morgan fingerprint density at radius 2 is 2.05 bits per heavy atom. The van der Waals surface area contributed by atoms with E-state index in [4.69, 9.17) is 9.47 Å². The summed E-state index contributed by atoms with van der Waals surface area (Å²) in [6, 6.07) is 0. The van der Waals surface area contributed by atoms with Gasteiger partial charge in [0.2, 0.25) is 0 Å². The first-order valence-corrected chi connectivity index (χ1v) is 7.83. The van der Waals surface area contributed by atoms with Crippen LogP contribution in [0.2, 0.25) is 0 Å². The van der Waals surface area contributed by atoms with E-state index in [2.05, 4.69) is 0 Å². The van der Waals surface area contributed by atoms with Gasteiger partial charge in [-0.1, -0.05) is 12.8 Å². The van der Waals surface area contributed by atoms with Crippen molar-refractivity contribution in [1.29, 1.82) is 0 Å². The molecule has 0 radical (unpaired) electrons. The Hall–Kier alpha value is -1.10. The molecule has 5 nitrogen and oxygen atoms in total. The van der Waals surface area contributed by atoms with E-state index < -0.39 is 5.60 Å². The molecular weight excluding hydrogens is 270 g/mol. The third kappa shape index (κ3) is 4.70. The highest BCUT2D eigenvalue weighted by molar-refractivity contribution is 5.84. The third-order valence-electron chi connectivity index (χ3n) is 4.12. The van der Waals surface area contributed by atoms with E-state index in [9.17, 15) is 9.59 Å². The number of piperidine rings is 1. The maximum Gasteiger partial charge on any atom is 0.410 e. The van der Waals surface area contributed by atoms with E-state index in [1.807, 2.05) is 20.8 Å². The van der Waals surface area contributed by atoms with Gasteiger partial charge in [-0.15, -0.1) is 0 Å². The summed E-state index contributed by atoms with van der Waals surface area (Å²) in [5, 5.41) is 0. The normalized spacial score (nSPS) is 24.9. The molecule has 1 amide bonds. The Morgan fingerprint density at radius 1 is 1.38 bits per heavy atom. The molecule has 1 aliphatic carbocycles. The molecule has 0 aromatic heterocycles. The van der Waals surface area contributed by atoms with Gasteiger partial charge in [0.25, 0.3) is 0 Å². The number of rotatable bonds is 4. The number of carbonyl (C=O) groups excluding carboxylic acids is 2. The van der Waals surface area contributed by atoms with Crippen molar-refractivity contribution in [3.63, 3.8) is 0 Å². The number of carbonyl (C=O) groups is 2. The highest BCUT2D eigenvalue weighted by Gasteiger charge is 2.39. The largest absolute Gasteiger partial charge is 0.444 e. The van der Waals surface area contributed by atoms with Crippen LogP contribution in [0, 0.1) is 11.8 Å². The summed E-state index contributed by atoms with van der Waals surface area (Å²) in [4.78, 5) is 26.0. The van der Waals surface area contributed by atoms with Gasteiger partial charge < -0.3 is 14.4 Å². The van der Waals surface area contributed by atoms with Crippen LogP contribution in [0.3, 0.4) is 0 Å². The van der Waals surface area contributed by atoms with Crippen LogP contribution in [0.5, 0.6) is 0 Å². The quantitative estimate of drug-likeness (QED) is 0.800. The zero-order chi connectivity index (χ0) is 15.6. The molecule has 0 bridgehead atoms. The number of ketones is 1. The Bertz CT molecular complexity index is 398. The topological polar surface area (TPSA) is 55.8 Å². The minimum atomic E-state index is -0.511. The van der Waals surface area contributed by atoms with Crippen molar-refractivity contribution in [2.24, 2.45) is 11.8 Å². The number of Topliss-reactive ketones (excluding diaryl/α,β-unsaturated/α-hetero) is 1. The van der Waals surface area contributed by atoms with Gasteiger partial charge in [0.1, 0.15) is 11.4 Å². The number of hydrogen-bond donors (Lipinski definition) is 0. The molecule has 5 heteroatoms. The molecule has 0 spiro atoms. The first-order chi connectivity index (χ1) is 9.80. The zero-order valence-corrected chi connectivity index (χ0v) is 13.6. The highest BCUT2D eigenvalue weighted by atomic mass is 16.6. The molecule has 2 atom stereocenters. The number of likely N-dealkylation sites (tertiary alicyclic amines) is 1. The number of ether oxygens (including phenoxy) is 2. The molecule has 0 aromatic rings. The van der Waals surface area contributed by atoms with Gasteiger partial charge in [0.05, 0.1) is 12.0 Å². The van der Waals surface area contributed by atoms with Crippen LogP contribution in [-0.4, -0.2) is 48.7 Å². The van der Waals surface area contributed by atoms with Crippen molar-refractivity contribution < 1.29 is 19.1 Å². The third-order valence-corrected chi connectivity index (χ3v) is 4.12. The maximum absolute atomic E-state index is 12.2. The second-order valence-electron chi connectivity index (χ2n) is 7.20. The smallest absolute Gasteiger partial charge is 0.410 e. The molecule has 21 heavy (non-hydrogen) atoms. The second kappa shape index (κ2) is 6.34. The van der Waals surface area contributed by atoms with Crippen molar-refractivity contribution >= 4 is 11.9 Å². The van der Waals surface area contributed by atoms with Crippen molar-refractivity contribution in [3.05, 3.63) is 0 Å². The summed E-state index contributed by atoms with van der Waals surface area (Å²) in [7, 11) is 1.66. The van der Waals surface area contributed by atoms with Crippen LogP contribution < -0.4 is 0 Å². The van der Waals surface area contributed by atoms with E-state index in [1.54, 1.807) is 12.0 Å². The summed E-state index contributed by atoms with van der Waals surface area (Å²) in [5.41, 5.74) is -0.511. The van der Waals surface area contributed by atoms with Gasteiger partial charge in [-0.3, -0.25) is 4.79 Å². The molecule has 2 fully saturated rings. The van der Waals surface area contributed by atoms with Crippen LogP contribution in [0.15, 0.2) is 0 Å². The van der Waals surface area contributed by atoms with Crippen LogP contribution in [0.1, 0.15) is 46.5 Å². The summed E-state index contributed by atoms with van der Waals surface area (Å²) in [5.74, 6) is 0.693. The van der Waals surface area contributed by atoms with Gasteiger partial charge in [-0.05, 0) is 33.1 Å². The lowest BCUT2D eigenvalue weighted by atomic mass is 9.88. The van der Waals surface area contributed by atoms with Crippen LogP contribution in [0.25, 0.3) is 0 Å². The Labute approximate surface area is 127 Å². The van der Waals surface area contributed by atoms with Crippen molar-refractivity contribution in [1.82, 2.24) is 4.90 Å². The lowest BCUT2D eigenvalue weighted by molar-refractivity contribution is -0.131. The van der Waals surface area contributed by atoms with Crippen molar-refractivity contribution in [2.45, 2.75) is 58.2 Å². The predicted molar refractivity (Wildman–Crippen MR) is 79.1 cm³/mol. The van der Waals surface area contributed by atoms with Gasteiger partial charge in [-0.2, -0.15) is 0 Å². The molecule has 1 aliphatic heterocycles. The van der Waals surface area contributed by atoms with Crippen molar-refractivity contribution in [3.8, 4) is 0 Å². The van der Waals surface area contributed by atoms with Crippen LogP contribution in [0.4, 0.5) is 4.79 Å². The second-order valence-corrected chi connectivity index (χ2v) is 7.20. The SMILES string of the molecule is COC(CC1CC1)C1CN(C(=O)OC(C)(C)C)CCC1=O. The lowest BCUT2D eigenvalue weighted by Crippen LogP contribution is -2.49. The van der Waals surface area contributed by atoms with Crippen LogP contribution in [-0.2, 0) is 14.3 Å². The molecule has 2 aliphatic rings. The monoisotopic (exact) mass is 297 g/mol. The van der Waals surface area contributed by atoms with Crippen molar-refractivity contribution in [2.75, 3.05) is 20.2 Å². The molecule has 1 heterocycles. The van der Waals surface area contributed by atoms with Gasteiger partial charge in [0, 0.05) is 26.6 Å². The minimum absolute atomic E-state index is 0.0739. The van der Waals surface area contributed by atoms with E-state index >= 15 is 0 Å². The molecule has 2 rings (SSSR count). The van der Waals surface area contributed by atoms with Crippen LogP contribution >= 0.6 is 0 Å². The number of hydrogen-bond acceptors (Lipinski definition) is 4. The molecule has 120 valence electrons.